The number of benzene rings is 2. The Labute approximate surface area is 165 Å². The SMILES string of the molecule is COc1ccc(N2C(=O)C3=NCCNC(C(C)C)=C3C2c2ccccc2)cc1. The van der Waals surface area contributed by atoms with Gasteiger partial charge in [-0.1, -0.05) is 44.2 Å². The lowest BCUT2D eigenvalue weighted by Gasteiger charge is -2.27. The van der Waals surface area contributed by atoms with E-state index in [2.05, 4.69) is 36.3 Å². The number of hydrogen-bond donors (Lipinski definition) is 1. The minimum Gasteiger partial charge on any atom is -0.497 e. The second kappa shape index (κ2) is 7.50. The van der Waals surface area contributed by atoms with Crippen LogP contribution >= 0.6 is 0 Å². The van der Waals surface area contributed by atoms with E-state index in [0.29, 0.717) is 12.3 Å². The number of ether oxygens (including phenoxy) is 1. The first-order valence-electron chi connectivity index (χ1n) is 9.67. The molecule has 2 aromatic carbocycles. The van der Waals surface area contributed by atoms with Crippen molar-refractivity contribution in [2.45, 2.75) is 19.9 Å². The van der Waals surface area contributed by atoms with Gasteiger partial charge < -0.3 is 10.1 Å². The summed E-state index contributed by atoms with van der Waals surface area (Å²) in [4.78, 5) is 20.0. The average molecular weight is 375 g/mol. The van der Waals surface area contributed by atoms with Crippen LogP contribution in [0.5, 0.6) is 5.75 Å². The highest BCUT2D eigenvalue weighted by atomic mass is 16.5. The molecule has 1 amide bonds. The lowest BCUT2D eigenvalue weighted by Crippen LogP contribution is -2.30. The summed E-state index contributed by atoms with van der Waals surface area (Å²) in [5.74, 6) is 0.992. The molecule has 1 N–H and O–H groups in total. The Morgan fingerprint density at radius 2 is 1.82 bits per heavy atom. The number of carbonyl (C=O) groups is 1. The van der Waals surface area contributed by atoms with Crippen molar-refractivity contribution in [1.82, 2.24) is 5.32 Å². The zero-order valence-corrected chi connectivity index (χ0v) is 16.5. The molecular weight excluding hydrogens is 350 g/mol. The van der Waals surface area contributed by atoms with Crippen molar-refractivity contribution in [1.29, 1.82) is 0 Å². The summed E-state index contributed by atoms with van der Waals surface area (Å²) in [5.41, 5.74) is 4.60. The molecule has 1 atom stereocenters. The van der Waals surface area contributed by atoms with Crippen LogP contribution in [0.2, 0.25) is 0 Å². The number of amides is 1. The first kappa shape index (κ1) is 18.3. The number of methoxy groups -OCH3 is 1. The van der Waals surface area contributed by atoms with E-state index < -0.39 is 0 Å². The average Bonchev–Trinajstić information content (AvgIpc) is 2.87. The van der Waals surface area contributed by atoms with Crippen molar-refractivity contribution in [3.05, 3.63) is 71.4 Å². The Balaban J connectivity index is 1.93. The van der Waals surface area contributed by atoms with Gasteiger partial charge in [-0.05, 0) is 35.7 Å². The van der Waals surface area contributed by atoms with E-state index in [1.165, 1.54) is 0 Å². The molecule has 0 saturated carbocycles. The first-order valence-corrected chi connectivity index (χ1v) is 9.67. The molecule has 2 aliphatic heterocycles. The maximum absolute atomic E-state index is 13.5. The number of nitrogens with one attached hydrogen (secondary N) is 1. The van der Waals surface area contributed by atoms with Gasteiger partial charge >= 0.3 is 0 Å². The Kier molecular flexibility index (Phi) is 4.90. The predicted octanol–water partition coefficient (Wildman–Crippen LogP) is 3.74. The molecule has 5 heteroatoms. The summed E-state index contributed by atoms with van der Waals surface area (Å²) in [6, 6.07) is 17.6. The zero-order chi connectivity index (χ0) is 19.7. The predicted molar refractivity (Wildman–Crippen MR) is 112 cm³/mol. The van der Waals surface area contributed by atoms with Crippen molar-refractivity contribution in [2.75, 3.05) is 25.1 Å². The normalized spacial score (nSPS) is 19.3. The number of fused-ring (bicyclic) bond motifs is 1. The van der Waals surface area contributed by atoms with Crippen LogP contribution in [0.1, 0.15) is 25.5 Å². The van der Waals surface area contributed by atoms with Crippen LogP contribution in [-0.4, -0.2) is 31.8 Å². The number of aliphatic imine (C=N–C) groups is 1. The van der Waals surface area contributed by atoms with Gasteiger partial charge in [-0.2, -0.15) is 0 Å². The number of nitrogens with zero attached hydrogens (tertiary/aromatic N) is 2. The zero-order valence-electron chi connectivity index (χ0n) is 16.5. The molecule has 144 valence electrons. The summed E-state index contributed by atoms with van der Waals surface area (Å²) < 4.78 is 5.28. The van der Waals surface area contributed by atoms with Crippen LogP contribution in [0.4, 0.5) is 5.69 Å². The second-order valence-corrected chi connectivity index (χ2v) is 7.33. The van der Waals surface area contributed by atoms with E-state index in [9.17, 15) is 4.79 Å². The van der Waals surface area contributed by atoms with Crippen molar-refractivity contribution in [3.63, 3.8) is 0 Å². The Morgan fingerprint density at radius 1 is 1.11 bits per heavy atom. The van der Waals surface area contributed by atoms with Crippen molar-refractivity contribution in [3.8, 4) is 5.75 Å². The molecule has 5 nitrogen and oxygen atoms in total. The van der Waals surface area contributed by atoms with E-state index in [0.717, 1.165) is 34.8 Å². The minimum absolute atomic E-state index is 0.0455. The van der Waals surface area contributed by atoms with Gasteiger partial charge in [0.2, 0.25) is 0 Å². The molecule has 0 aliphatic carbocycles. The fourth-order valence-corrected chi connectivity index (χ4v) is 3.96. The summed E-state index contributed by atoms with van der Waals surface area (Å²) in [7, 11) is 1.64. The third kappa shape index (κ3) is 3.07. The van der Waals surface area contributed by atoms with Gasteiger partial charge in [-0.3, -0.25) is 14.7 Å². The van der Waals surface area contributed by atoms with Crippen LogP contribution in [0.3, 0.4) is 0 Å². The van der Waals surface area contributed by atoms with E-state index in [-0.39, 0.29) is 17.9 Å². The lowest BCUT2D eigenvalue weighted by molar-refractivity contribution is -0.112. The number of carbonyl (C=O) groups excluding carboxylic acids is 1. The number of hydrogen-bond acceptors (Lipinski definition) is 4. The van der Waals surface area contributed by atoms with Gasteiger partial charge in [0.05, 0.1) is 19.7 Å². The van der Waals surface area contributed by atoms with Crippen LogP contribution in [0.15, 0.2) is 70.9 Å². The number of rotatable bonds is 4. The van der Waals surface area contributed by atoms with Crippen LogP contribution in [-0.2, 0) is 4.79 Å². The summed E-state index contributed by atoms with van der Waals surface area (Å²) in [6.07, 6.45) is 0. The van der Waals surface area contributed by atoms with Crippen molar-refractivity contribution in [2.24, 2.45) is 10.9 Å². The minimum atomic E-state index is -0.205. The second-order valence-electron chi connectivity index (χ2n) is 7.33. The molecule has 1 fully saturated rings. The topological polar surface area (TPSA) is 53.9 Å². The first-order chi connectivity index (χ1) is 13.6. The molecular formula is C23H25N3O2. The monoisotopic (exact) mass is 375 g/mol. The summed E-state index contributed by atoms with van der Waals surface area (Å²) in [5, 5.41) is 3.53. The number of anilines is 1. The van der Waals surface area contributed by atoms with Gasteiger partial charge in [0.25, 0.3) is 5.91 Å². The highest BCUT2D eigenvalue weighted by Crippen LogP contribution is 2.42. The molecule has 2 heterocycles. The smallest absolute Gasteiger partial charge is 0.277 e. The summed E-state index contributed by atoms with van der Waals surface area (Å²) in [6.45, 7) is 5.65. The molecule has 0 radical (unpaired) electrons. The number of allylic oxidation sites excluding steroid dienone is 1. The highest BCUT2D eigenvalue weighted by Gasteiger charge is 2.45. The maximum Gasteiger partial charge on any atom is 0.277 e. The Bertz CT molecular complexity index is 930. The van der Waals surface area contributed by atoms with Gasteiger partial charge in [0.1, 0.15) is 11.5 Å². The van der Waals surface area contributed by atoms with Gasteiger partial charge in [0, 0.05) is 23.5 Å². The van der Waals surface area contributed by atoms with Gasteiger partial charge in [-0.25, -0.2) is 0 Å². The quantitative estimate of drug-likeness (QED) is 0.886. The third-order valence-electron chi connectivity index (χ3n) is 5.24. The Morgan fingerprint density at radius 3 is 2.46 bits per heavy atom. The van der Waals surface area contributed by atoms with E-state index in [4.69, 9.17) is 4.74 Å². The standard InChI is InChI=1S/C23H25N3O2/c1-15(2)20-19-21(25-14-13-24-20)23(27)26(17-9-11-18(28-3)12-10-17)22(19)16-7-5-4-6-8-16/h4-12,15,22,24H,13-14H2,1-3H3. The van der Waals surface area contributed by atoms with E-state index in [1.807, 2.05) is 47.4 Å². The molecule has 4 rings (SSSR count). The van der Waals surface area contributed by atoms with Gasteiger partial charge in [0.15, 0.2) is 0 Å². The van der Waals surface area contributed by atoms with Gasteiger partial charge in [-0.15, -0.1) is 0 Å². The molecule has 2 aliphatic rings. The fraction of sp³-hybridized carbons (Fsp3) is 0.304. The van der Waals surface area contributed by atoms with Crippen molar-refractivity contribution < 1.29 is 9.53 Å². The summed E-state index contributed by atoms with van der Waals surface area (Å²) >= 11 is 0. The molecule has 0 spiro atoms. The van der Waals surface area contributed by atoms with Crippen LogP contribution in [0, 0.1) is 5.92 Å². The molecule has 0 aromatic heterocycles. The maximum atomic E-state index is 13.5. The fourth-order valence-electron chi connectivity index (χ4n) is 3.96. The Hall–Kier alpha value is -3.08. The van der Waals surface area contributed by atoms with Crippen LogP contribution < -0.4 is 15.0 Å². The van der Waals surface area contributed by atoms with E-state index >= 15 is 0 Å². The molecule has 1 saturated heterocycles. The van der Waals surface area contributed by atoms with Crippen LogP contribution in [0.25, 0.3) is 0 Å². The third-order valence-corrected chi connectivity index (χ3v) is 5.24. The molecule has 0 bridgehead atoms. The van der Waals surface area contributed by atoms with Crippen molar-refractivity contribution >= 4 is 17.3 Å². The molecule has 1 unspecified atom stereocenters. The highest BCUT2D eigenvalue weighted by molar-refractivity contribution is 6.53. The molecule has 28 heavy (non-hydrogen) atoms. The molecule has 2 aromatic rings. The van der Waals surface area contributed by atoms with E-state index in [1.54, 1.807) is 7.11 Å². The lowest BCUT2D eigenvalue weighted by atomic mass is 9.92. The largest absolute Gasteiger partial charge is 0.497 e.